The zero-order chi connectivity index (χ0) is 23.7. The summed E-state index contributed by atoms with van der Waals surface area (Å²) in [7, 11) is -3.24. The van der Waals surface area contributed by atoms with Gasteiger partial charge in [0.05, 0.1) is 29.7 Å². The van der Waals surface area contributed by atoms with Crippen molar-refractivity contribution in [2.75, 3.05) is 13.7 Å². The van der Waals surface area contributed by atoms with Crippen LogP contribution in [0.15, 0.2) is 29.2 Å². The second-order valence-electron chi connectivity index (χ2n) is 10.3. The van der Waals surface area contributed by atoms with Gasteiger partial charge in [0.25, 0.3) is 0 Å². The molecule has 0 spiro atoms. The Balaban J connectivity index is 1.88. The van der Waals surface area contributed by atoms with E-state index in [4.69, 9.17) is 17.7 Å². The molecule has 3 atom stereocenters. The molecule has 2 aliphatic rings. The largest absolute Gasteiger partial charge is 0.497 e. The van der Waals surface area contributed by atoms with Crippen LogP contribution in [0, 0.1) is 0 Å². The number of hydrogen-bond donors (Lipinski definition) is 0. The molecule has 32 heavy (non-hydrogen) atoms. The van der Waals surface area contributed by atoms with Gasteiger partial charge >= 0.3 is 17.1 Å². The van der Waals surface area contributed by atoms with Gasteiger partial charge in [-0.05, 0) is 52.9 Å². The molecule has 8 heteroatoms. The molecule has 0 bridgehead atoms. The first kappa shape index (κ1) is 26.6. The van der Waals surface area contributed by atoms with Crippen molar-refractivity contribution in [2.45, 2.75) is 105 Å². The first-order chi connectivity index (χ1) is 15.0. The van der Waals surface area contributed by atoms with E-state index < -0.39 is 17.1 Å². The topological polar surface area (TPSA) is 36.9 Å². The lowest BCUT2D eigenvalue weighted by molar-refractivity contribution is 0.0739. The lowest BCUT2D eigenvalue weighted by atomic mass is 10.2. The molecule has 0 aliphatic carbocycles. The van der Waals surface area contributed by atoms with Gasteiger partial charge in [-0.3, -0.25) is 0 Å². The van der Waals surface area contributed by atoms with Crippen molar-refractivity contribution >= 4 is 40.6 Å². The molecule has 4 nitrogen and oxygen atoms in total. The molecule has 0 saturated carbocycles. The van der Waals surface area contributed by atoms with E-state index in [1.807, 2.05) is 35.7 Å². The van der Waals surface area contributed by atoms with E-state index in [1.54, 1.807) is 7.11 Å². The quantitative estimate of drug-likeness (QED) is 0.349. The van der Waals surface area contributed by atoms with Crippen molar-refractivity contribution in [1.82, 2.24) is 0 Å². The normalized spacial score (nSPS) is 27.6. The molecule has 1 unspecified atom stereocenters. The van der Waals surface area contributed by atoms with Gasteiger partial charge in [0.2, 0.25) is 0 Å². The Morgan fingerprint density at radius 2 is 1.47 bits per heavy atom. The summed E-state index contributed by atoms with van der Waals surface area (Å²) in [6.45, 7) is 19.1. The lowest BCUT2D eigenvalue weighted by Gasteiger charge is -2.51. The maximum Gasteiger partial charge on any atom is 0.334 e. The predicted molar refractivity (Wildman–Crippen MR) is 142 cm³/mol. The molecule has 0 aromatic heterocycles. The first-order valence-corrected chi connectivity index (χ1v) is 17.8. The number of benzene rings is 1. The van der Waals surface area contributed by atoms with Crippen LogP contribution in [0.5, 0.6) is 5.75 Å². The highest BCUT2D eigenvalue weighted by atomic mass is 32.2. The second-order valence-corrected chi connectivity index (χ2v) is 22.1. The molecule has 0 radical (unpaired) electrons. The molecular formula is C24H42O4S2Si2. The fourth-order valence-corrected chi connectivity index (χ4v) is 19.5. The van der Waals surface area contributed by atoms with Gasteiger partial charge in [-0.25, -0.2) is 0 Å². The van der Waals surface area contributed by atoms with Gasteiger partial charge in [-0.2, -0.15) is 0 Å². The number of hydrogen-bond acceptors (Lipinski definition) is 6. The van der Waals surface area contributed by atoms with Crippen LogP contribution in [0.3, 0.4) is 0 Å². The summed E-state index contributed by atoms with van der Waals surface area (Å²) in [5.41, 5.74) is 1.55. The maximum atomic E-state index is 7.30. The minimum atomic E-state index is -2.50. The van der Waals surface area contributed by atoms with Gasteiger partial charge in [0.15, 0.2) is 0 Å². The number of fused-ring (bicyclic) bond motifs is 1. The fraction of sp³-hybridized carbons (Fsp3) is 0.750. The van der Waals surface area contributed by atoms with Gasteiger partial charge in [0, 0.05) is 4.90 Å². The van der Waals surface area contributed by atoms with Gasteiger partial charge in [-0.1, -0.05) is 55.4 Å². The third-order valence-corrected chi connectivity index (χ3v) is 20.0. The summed E-state index contributed by atoms with van der Waals surface area (Å²) in [4.78, 5) is 1.28. The predicted octanol–water partition coefficient (Wildman–Crippen LogP) is 7.58. The van der Waals surface area contributed by atoms with Crippen molar-refractivity contribution in [3.05, 3.63) is 24.3 Å². The Hall–Kier alpha value is 0.0338. The smallest absolute Gasteiger partial charge is 0.334 e. The van der Waals surface area contributed by atoms with Crippen LogP contribution >= 0.6 is 23.5 Å². The summed E-state index contributed by atoms with van der Waals surface area (Å²) in [6.07, 6.45) is 1.23. The lowest BCUT2D eigenvalue weighted by Crippen LogP contribution is -2.64. The molecule has 0 N–H and O–H groups in total. The second kappa shape index (κ2) is 10.7. The third-order valence-electron chi connectivity index (χ3n) is 6.84. The third kappa shape index (κ3) is 5.31. The summed E-state index contributed by atoms with van der Waals surface area (Å²) in [6, 6.07) is 8.39. The molecule has 182 valence electrons. The number of rotatable bonds is 7. The van der Waals surface area contributed by atoms with Crippen LogP contribution in [-0.2, 0) is 13.0 Å². The summed E-state index contributed by atoms with van der Waals surface area (Å²) < 4.78 is 27.2. The molecule has 2 fully saturated rings. The molecule has 2 aliphatic heterocycles. The summed E-state index contributed by atoms with van der Waals surface area (Å²) in [5.74, 6) is 0.900. The SMILES string of the molecule is COc1ccc(SC2C[C@@H]3O[Si](C(C)C)(C(C)C)O[Si](C(C)C)(C(C)C)OC[C@H]3S2)cc1. The van der Waals surface area contributed by atoms with Crippen LogP contribution in [0.1, 0.15) is 61.8 Å². The summed E-state index contributed by atoms with van der Waals surface area (Å²) >= 11 is 3.98. The summed E-state index contributed by atoms with van der Waals surface area (Å²) in [5, 5.41) is 0.364. The van der Waals surface area contributed by atoms with Crippen molar-refractivity contribution in [3.63, 3.8) is 0 Å². The van der Waals surface area contributed by atoms with E-state index in [2.05, 4.69) is 67.5 Å². The van der Waals surface area contributed by atoms with Crippen LogP contribution in [0.2, 0.25) is 22.2 Å². The molecule has 2 heterocycles. The van der Waals surface area contributed by atoms with Crippen molar-refractivity contribution in [3.8, 4) is 5.75 Å². The molecule has 2 saturated heterocycles. The van der Waals surface area contributed by atoms with E-state index in [1.165, 1.54) is 4.90 Å². The Labute approximate surface area is 206 Å². The highest BCUT2D eigenvalue weighted by molar-refractivity contribution is 8.17. The van der Waals surface area contributed by atoms with Crippen LogP contribution in [-0.4, -0.2) is 46.8 Å². The van der Waals surface area contributed by atoms with Crippen molar-refractivity contribution < 1.29 is 17.7 Å². The minimum absolute atomic E-state index is 0.193. The Bertz CT molecular complexity index is 726. The van der Waals surface area contributed by atoms with E-state index in [0.717, 1.165) is 18.8 Å². The molecular weight excluding hydrogens is 473 g/mol. The number of ether oxygens (including phenoxy) is 1. The number of thioether (sulfide) groups is 2. The Kier molecular flexibility index (Phi) is 8.95. The monoisotopic (exact) mass is 514 g/mol. The molecule has 0 amide bonds. The van der Waals surface area contributed by atoms with E-state index in [0.29, 0.717) is 32.0 Å². The Morgan fingerprint density at radius 1 is 0.906 bits per heavy atom. The van der Waals surface area contributed by atoms with Crippen LogP contribution in [0.25, 0.3) is 0 Å². The number of methoxy groups -OCH3 is 1. The highest BCUT2D eigenvalue weighted by Crippen LogP contribution is 2.51. The molecule has 1 aromatic rings. The average Bonchev–Trinajstić information content (AvgIpc) is 3.08. The zero-order valence-corrected chi connectivity index (χ0v) is 24.8. The molecule has 3 rings (SSSR count). The minimum Gasteiger partial charge on any atom is -0.497 e. The van der Waals surface area contributed by atoms with Crippen LogP contribution < -0.4 is 4.74 Å². The first-order valence-electron chi connectivity index (χ1n) is 12.0. The average molecular weight is 515 g/mol. The van der Waals surface area contributed by atoms with Crippen molar-refractivity contribution in [1.29, 1.82) is 0 Å². The Morgan fingerprint density at radius 3 is 1.97 bits per heavy atom. The van der Waals surface area contributed by atoms with Gasteiger partial charge in [-0.15, -0.1) is 23.5 Å². The van der Waals surface area contributed by atoms with Crippen LogP contribution in [0.4, 0.5) is 0 Å². The standard InChI is InChI=1S/C24H42O4S2Si2/c1-16(2)31(17(3)4)26-15-23-22(27-32(28-31,18(5)6)19(7)8)14-24(30-23)29-21-12-10-20(25-9)11-13-21/h10-13,16-19,22-24H,14-15H2,1-9H3/t22-,23+,24?/m0/s1. The van der Waals surface area contributed by atoms with E-state index in [9.17, 15) is 0 Å². The highest BCUT2D eigenvalue weighted by Gasteiger charge is 2.59. The van der Waals surface area contributed by atoms with Crippen molar-refractivity contribution in [2.24, 2.45) is 0 Å². The fourth-order valence-electron chi connectivity index (χ4n) is 4.99. The van der Waals surface area contributed by atoms with Gasteiger partial charge in [0.1, 0.15) is 5.75 Å². The van der Waals surface area contributed by atoms with E-state index in [-0.39, 0.29) is 6.10 Å². The van der Waals surface area contributed by atoms with Gasteiger partial charge < -0.3 is 17.7 Å². The van der Waals surface area contributed by atoms with E-state index >= 15 is 0 Å². The molecule has 1 aromatic carbocycles. The zero-order valence-electron chi connectivity index (χ0n) is 21.2. The maximum absolute atomic E-state index is 7.30.